The van der Waals surface area contributed by atoms with E-state index >= 15 is 0 Å². The molecule has 1 N–H and O–H groups in total. The fraction of sp³-hybridized carbons (Fsp3) is 0.588. The lowest BCUT2D eigenvalue weighted by molar-refractivity contribution is 0.0504. The van der Waals surface area contributed by atoms with Crippen LogP contribution in [0.3, 0.4) is 0 Å². The van der Waals surface area contributed by atoms with Gasteiger partial charge in [0.15, 0.2) is 0 Å². The number of aromatic nitrogens is 3. The summed E-state index contributed by atoms with van der Waals surface area (Å²) >= 11 is 1.56. The van der Waals surface area contributed by atoms with Crippen LogP contribution in [0.4, 0.5) is 14.7 Å². The number of anilines is 1. The van der Waals surface area contributed by atoms with E-state index in [2.05, 4.69) is 15.4 Å². The van der Waals surface area contributed by atoms with Crippen LogP contribution in [0.1, 0.15) is 40.5 Å². The molecule has 0 aliphatic carbocycles. The molecule has 2 aromatic heterocycles. The van der Waals surface area contributed by atoms with Crippen molar-refractivity contribution in [2.75, 3.05) is 18.4 Å². The molecule has 1 saturated heterocycles. The molecule has 1 fully saturated rings. The minimum Gasteiger partial charge on any atom is -0.351 e. The van der Waals surface area contributed by atoms with Gasteiger partial charge in [0.2, 0.25) is 5.95 Å². The first-order valence-corrected chi connectivity index (χ1v) is 9.69. The normalized spacial score (nSPS) is 25.8. The lowest BCUT2D eigenvalue weighted by atomic mass is 9.86. The van der Waals surface area contributed by atoms with Crippen molar-refractivity contribution in [1.29, 1.82) is 0 Å². The Labute approximate surface area is 154 Å². The van der Waals surface area contributed by atoms with Crippen molar-refractivity contribution in [3.05, 3.63) is 28.2 Å². The van der Waals surface area contributed by atoms with Crippen LogP contribution in [0.2, 0.25) is 0 Å². The average Bonchev–Trinajstić information content (AvgIpc) is 3.28. The number of piperidine rings is 1. The van der Waals surface area contributed by atoms with Crippen molar-refractivity contribution in [2.45, 2.75) is 44.7 Å². The monoisotopic (exact) mass is 381 g/mol. The Hall–Kier alpha value is -2.03. The summed E-state index contributed by atoms with van der Waals surface area (Å²) in [6.45, 7) is 3.27. The van der Waals surface area contributed by atoms with Gasteiger partial charge in [-0.05, 0) is 38.2 Å². The van der Waals surface area contributed by atoms with Gasteiger partial charge in [0.05, 0.1) is 5.56 Å². The van der Waals surface area contributed by atoms with E-state index in [4.69, 9.17) is 0 Å². The lowest BCUT2D eigenvalue weighted by Gasteiger charge is -2.40. The Morgan fingerprint density at radius 3 is 3.04 bits per heavy atom. The van der Waals surface area contributed by atoms with Gasteiger partial charge in [0.25, 0.3) is 12.3 Å². The van der Waals surface area contributed by atoms with Crippen LogP contribution < -0.4 is 5.32 Å². The third-order valence-corrected chi connectivity index (χ3v) is 6.14. The molecule has 4 rings (SSSR count). The number of thiophene rings is 1. The van der Waals surface area contributed by atoms with Gasteiger partial charge in [-0.15, -0.1) is 11.3 Å². The highest BCUT2D eigenvalue weighted by atomic mass is 32.1. The number of aryl methyl sites for hydroxylation is 1. The molecule has 2 aromatic rings. The molecule has 9 heteroatoms. The summed E-state index contributed by atoms with van der Waals surface area (Å²) in [4.78, 5) is 19.8. The molecule has 0 bridgehead atoms. The van der Waals surface area contributed by atoms with E-state index in [1.54, 1.807) is 11.3 Å². The minimum absolute atomic E-state index is 0.0310. The maximum atomic E-state index is 13.5. The highest BCUT2D eigenvalue weighted by Crippen LogP contribution is 2.35. The number of alkyl halides is 2. The summed E-state index contributed by atoms with van der Waals surface area (Å²) in [5.41, 5.74) is 0.718. The molecular weight excluding hydrogens is 360 g/mol. The van der Waals surface area contributed by atoms with Gasteiger partial charge < -0.3 is 10.2 Å². The standard InChI is InChI=1S/C17H21F2N5OS/c1-10-5-12(8-26-10)16(25)23-4-2-3-11(7-23)13-6-14(15(18)19)24-17(22-13)20-9-21-24/h5,8-9,11,13-15H,2-4,6-7H2,1H3,(H,20,21,22)/t11-,13+,14-/m1/s1. The number of halogens is 2. The summed E-state index contributed by atoms with van der Waals surface area (Å²) in [5, 5.41) is 9.06. The number of likely N-dealkylation sites (tertiary alicyclic amines) is 1. The van der Waals surface area contributed by atoms with Crippen molar-refractivity contribution >= 4 is 23.2 Å². The zero-order valence-electron chi connectivity index (χ0n) is 14.4. The second-order valence-electron chi connectivity index (χ2n) is 7.02. The van der Waals surface area contributed by atoms with Crippen LogP contribution in [-0.4, -0.2) is 51.1 Å². The minimum atomic E-state index is -2.49. The number of nitrogens with one attached hydrogen (secondary N) is 1. The van der Waals surface area contributed by atoms with E-state index in [1.807, 2.05) is 23.3 Å². The molecular formula is C17H21F2N5OS. The van der Waals surface area contributed by atoms with Gasteiger partial charge in [-0.2, -0.15) is 10.1 Å². The maximum Gasteiger partial charge on any atom is 0.260 e. The van der Waals surface area contributed by atoms with Crippen LogP contribution in [0.5, 0.6) is 0 Å². The summed E-state index contributed by atoms with van der Waals surface area (Å²) in [5.74, 6) is 0.547. The number of hydrogen-bond acceptors (Lipinski definition) is 5. The highest BCUT2D eigenvalue weighted by molar-refractivity contribution is 7.10. The van der Waals surface area contributed by atoms with Crippen LogP contribution in [0.25, 0.3) is 0 Å². The second kappa shape index (κ2) is 6.94. The Kier molecular flexibility index (Phi) is 4.64. The molecule has 6 nitrogen and oxygen atoms in total. The largest absolute Gasteiger partial charge is 0.351 e. The topological polar surface area (TPSA) is 63.1 Å². The van der Waals surface area contributed by atoms with Crippen molar-refractivity contribution in [2.24, 2.45) is 5.92 Å². The molecule has 2 aliphatic rings. The molecule has 0 radical (unpaired) electrons. The Morgan fingerprint density at radius 1 is 1.46 bits per heavy atom. The SMILES string of the molecule is Cc1cc(C(=O)N2CCC[C@@H]([C@@H]3C[C@H](C(F)F)n4ncnc4N3)C2)cs1. The Balaban J connectivity index is 1.49. The molecule has 4 heterocycles. The first kappa shape index (κ1) is 17.4. The van der Waals surface area contributed by atoms with Crippen LogP contribution in [-0.2, 0) is 0 Å². The predicted octanol–water partition coefficient (Wildman–Crippen LogP) is 3.19. The van der Waals surface area contributed by atoms with Gasteiger partial charge in [0.1, 0.15) is 12.4 Å². The van der Waals surface area contributed by atoms with Gasteiger partial charge >= 0.3 is 0 Å². The molecule has 2 aliphatic heterocycles. The van der Waals surface area contributed by atoms with Crippen molar-refractivity contribution < 1.29 is 13.6 Å². The molecule has 0 saturated carbocycles. The zero-order chi connectivity index (χ0) is 18.3. The van der Waals surface area contributed by atoms with Gasteiger partial charge in [-0.25, -0.2) is 13.5 Å². The molecule has 140 valence electrons. The molecule has 0 aromatic carbocycles. The quantitative estimate of drug-likeness (QED) is 0.887. The number of hydrogen-bond donors (Lipinski definition) is 1. The van der Waals surface area contributed by atoms with Crippen molar-refractivity contribution in [3.8, 4) is 0 Å². The molecule has 26 heavy (non-hydrogen) atoms. The van der Waals surface area contributed by atoms with Crippen LogP contribution >= 0.6 is 11.3 Å². The van der Waals surface area contributed by atoms with Gasteiger partial charge in [0, 0.05) is 29.4 Å². The lowest BCUT2D eigenvalue weighted by Crippen LogP contribution is -2.48. The van der Waals surface area contributed by atoms with Gasteiger partial charge in [-0.3, -0.25) is 4.79 Å². The highest BCUT2D eigenvalue weighted by Gasteiger charge is 2.39. The van der Waals surface area contributed by atoms with Crippen LogP contribution in [0.15, 0.2) is 17.8 Å². The number of nitrogens with zero attached hydrogens (tertiary/aromatic N) is 4. The number of carbonyl (C=O) groups is 1. The fourth-order valence-corrected chi connectivity index (χ4v) is 4.64. The predicted molar refractivity (Wildman–Crippen MR) is 94.8 cm³/mol. The summed E-state index contributed by atoms with van der Waals surface area (Å²) in [7, 11) is 0. The van der Waals surface area contributed by atoms with E-state index in [9.17, 15) is 13.6 Å². The third-order valence-electron chi connectivity index (χ3n) is 5.28. The summed E-state index contributed by atoms with van der Waals surface area (Å²) in [6, 6.07) is 0.806. The van der Waals surface area contributed by atoms with E-state index in [-0.39, 0.29) is 24.3 Å². The maximum absolute atomic E-state index is 13.5. The first-order chi connectivity index (χ1) is 12.5. The number of amides is 1. The van der Waals surface area contributed by atoms with Gasteiger partial charge in [-0.1, -0.05) is 0 Å². The van der Waals surface area contributed by atoms with Crippen molar-refractivity contribution in [1.82, 2.24) is 19.7 Å². The summed E-state index contributed by atoms with van der Waals surface area (Å²) < 4.78 is 28.2. The van der Waals surface area contributed by atoms with Crippen LogP contribution in [0, 0.1) is 12.8 Å². The third kappa shape index (κ3) is 3.20. The van der Waals surface area contributed by atoms with E-state index in [1.165, 1.54) is 11.0 Å². The average molecular weight is 381 g/mol. The number of carbonyl (C=O) groups excluding carboxylic acids is 1. The number of rotatable bonds is 3. The zero-order valence-corrected chi connectivity index (χ0v) is 15.3. The first-order valence-electron chi connectivity index (χ1n) is 8.81. The Bertz CT molecular complexity index is 792. The number of fused-ring (bicyclic) bond motifs is 1. The van der Waals surface area contributed by atoms with E-state index in [0.717, 1.165) is 23.3 Å². The summed E-state index contributed by atoms with van der Waals surface area (Å²) in [6.07, 6.45) is 0.890. The molecule has 0 spiro atoms. The van der Waals surface area contributed by atoms with E-state index in [0.29, 0.717) is 19.0 Å². The van der Waals surface area contributed by atoms with Crippen molar-refractivity contribution in [3.63, 3.8) is 0 Å². The molecule has 3 atom stereocenters. The smallest absolute Gasteiger partial charge is 0.260 e. The fourth-order valence-electron chi connectivity index (χ4n) is 3.96. The van der Waals surface area contributed by atoms with E-state index < -0.39 is 12.5 Å². The second-order valence-corrected chi connectivity index (χ2v) is 8.13. The molecule has 1 amide bonds. The molecule has 0 unspecified atom stereocenters. The Morgan fingerprint density at radius 2 is 2.31 bits per heavy atom.